The lowest BCUT2D eigenvalue weighted by Gasteiger charge is -2.22. The van der Waals surface area contributed by atoms with E-state index in [0.717, 1.165) is 16.8 Å². The quantitative estimate of drug-likeness (QED) is 0.883. The minimum Gasteiger partial charge on any atom is -0.423 e. The number of thioether (sulfide) groups is 1. The third kappa shape index (κ3) is 4.24. The Labute approximate surface area is 134 Å². The van der Waals surface area contributed by atoms with Gasteiger partial charge in [-0.05, 0) is 44.7 Å². The van der Waals surface area contributed by atoms with E-state index in [1.54, 1.807) is 11.8 Å². The van der Waals surface area contributed by atoms with E-state index in [0.29, 0.717) is 12.4 Å². The molecule has 0 atom stereocenters. The molecule has 0 radical (unpaired) electrons. The first kappa shape index (κ1) is 16.4. The Kier molecular flexibility index (Phi) is 5.07. The molecule has 6 nitrogen and oxygen atoms in total. The summed E-state index contributed by atoms with van der Waals surface area (Å²) in [5, 5.41) is 13.3. The first-order chi connectivity index (χ1) is 10.4. The third-order valence-electron chi connectivity index (χ3n) is 3.32. The lowest BCUT2D eigenvalue weighted by atomic mass is 10.1. The number of aryl methyl sites for hydroxylation is 1. The van der Waals surface area contributed by atoms with Crippen LogP contribution < -0.4 is 10.6 Å². The normalized spacial score (nSPS) is 11.3. The first-order valence-electron chi connectivity index (χ1n) is 6.88. The summed E-state index contributed by atoms with van der Waals surface area (Å²) in [6.07, 6.45) is 3.30. The predicted octanol–water partition coefficient (Wildman–Crippen LogP) is 3.31. The van der Waals surface area contributed by atoms with Crippen molar-refractivity contribution < 1.29 is 9.21 Å². The Morgan fingerprint density at radius 1 is 1.41 bits per heavy atom. The molecule has 22 heavy (non-hydrogen) atoms. The fourth-order valence-corrected chi connectivity index (χ4v) is 1.94. The average molecular weight is 320 g/mol. The van der Waals surface area contributed by atoms with Crippen molar-refractivity contribution >= 4 is 23.5 Å². The number of carbonyl (C=O) groups excluding carboxylic acids is 1. The zero-order valence-corrected chi connectivity index (χ0v) is 14.0. The molecule has 0 aliphatic carbocycles. The van der Waals surface area contributed by atoms with Gasteiger partial charge in [-0.1, -0.05) is 6.07 Å². The molecule has 1 aromatic heterocycles. The second-order valence-corrected chi connectivity index (χ2v) is 7.06. The van der Waals surface area contributed by atoms with Gasteiger partial charge in [-0.2, -0.15) is 11.8 Å². The van der Waals surface area contributed by atoms with Gasteiger partial charge in [0.1, 0.15) is 0 Å². The molecule has 2 aromatic rings. The molecule has 1 heterocycles. The minimum absolute atomic E-state index is 0.00199. The van der Waals surface area contributed by atoms with Crippen LogP contribution in [-0.4, -0.2) is 33.8 Å². The molecule has 0 aliphatic rings. The van der Waals surface area contributed by atoms with E-state index in [1.807, 2.05) is 31.4 Å². The van der Waals surface area contributed by atoms with Gasteiger partial charge in [-0.3, -0.25) is 0 Å². The van der Waals surface area contributed by atoms with Crippen LogP contribution in [0.15, 0.2) is 29.0 Å². The molecular formula is C15H20N4O2S. The highest BCUT2D eigenvalue weighted by Crippen LogP contribution is 2.24. The van der Waals surface area contributed by atoms with Crippen LogP contribution in [0.1, 0.15) is 19.4 Å². The summed E-state index contributed by atoms with van der Waals surface area (Å²) < 4.78 is 5.17. The molecule has 2 N–H and O–H groups in total. The Balaban J connectivity index is 2.06. The number of hydrogen-bond acceptors (Lipinski definition) is 5. The molecule has 0 spiro atoms. The van der Waals surface area contributed by atoms with Gasteiger partial charge in [0.15, 0.2) is 0 Å². The van der Waals surface area contributed by atoms with E-state index < -0.39 is 0 Å². The van der Waals surface area contributed by atoms with Crippen LogP contribution in [-0.2, 0) is 0 Å². The number of carbonyl (C=O) groups is 1. The maximum Gasteiger partial charge on any atom is 0.319 e. The number of rotatable bonds is 5. The molecule has 1 aromatic carbocycles. The maximum atomic E-state index is 12.0. The zero-order chi connectivity index (χ0) is 16.2. The number of hydrogen-bond donors (Lipinski definition) is 2. The molecular weight excluding hydrogens is 300 g/mol. The van der Waals surface area contributed by atoms with Crippen LogP contribution >= 0.6 is 11.8 Å². The number of benzene rings is 1. The van der Waals surface area contributed by atoms with Crippen molar-refractivity contribution in [3.63, 3.8) is 0 Å². The number of anilines is 1. The summed E-state index contributed by atoms with van der Waals surface area (Å²) in [5.41, 5.74) is 2.44. The van der Waals surface area contributed by atoms with Gasteiger partial charge in [-0.15, -0.1) is 10.2 Å². The van der Waals surface area contributed by atoms with Crippen LogP contribution in [0.3, 0.4) is 0 Å². The van der Waals surface area contributed by atoms with E-state index in [9.17, 15) is 4.79 Å². The van der Waals surface area contributed by atoms with Gasteiger partial charge in [0.25, 0.3) is 0 Å². The van der Waals surface area contributed by atoms with E-state index in [4.69, 9.17) is 4.42 Å². The Morgan fingerprint density at radius 3 is 2.82 bits per heavy atom. The molecule has 0 unspecified atom stereocenters. The van der Waals surface area contributed by atoms with Gasteiger partial charge in [-0.25, -0.2) is 4.79 Å². The smallest absolute Gasteiger partial charge is 0.319 e. The summed E-state index contributed by atoms with van der Waals surface area (Å²) in [6, 6.07) is 5.37. The number of aromatic nitrogens is 2. The summed E-state index contributed by atoms with van der Waals surface area (Å²) in [6.45, 7) is 6.68. The SMILES string of the molecule is CSC(C)(C)CNC(=O)Nc1cc(-c2nnco2)ccc1C. The second-order valence-electron chi connectivity index (χ2n) is 5.55. The molecule has 0 aliphatic heterocycles. The highest BCUT2D eigenvalue weighted by atomic mass is 32.2. The van der Waals surface area contributed by atoms with Gasteiger partial charge in [0, 0.05) is 22.5 Å². The topological polar surface area (TPSA) is 80.0 Å². The molecule has 7 heteroatoms. The summed E-state index contributed by atoms with van der Waals surface area (Å²) in [7, 11) is 0. The lowest BCUT2D eigenvalue weighted by molar-refractivity contribution is 0.251. The average Bonchev–Trinajstić information content (AvgIpc) is 3.02. The second kappa shape index (κ2) is 6.83. The van der Waals surface area contributed by atoms with Crippen molar-refractivity contribution in [2.45, 2.75) is 25.5 Å². The van der Waals surface area contributed by atoms with E-state index in [2.05, 4.69) is 34.7 Å². The van der Waals surface area contributed by atoms with Gasteiger partial charge >= 0.3 is 6.03 Å². The van der Waals surface area contributed by atoms with Gasteiger partial charge in [0.05, 0.1) is 0 Å². The number of nitrogens with one attached hydrogen (secondary N) is 2. The minimum atomic E-state index is -0.229. The number of nitrogens with zero attached hydrogens (tertiary/aromatic N) is 2. The van der Waals surface area contributed by atoms with Crippen molar-refractivity contribution in [1.82, 2.24) is 15.5 Å². The largest absolute Gasteiger partial charge is 0.423 e. The molecule has 118 valence electrons. The Bertz CT molecular complexity index is 641. The van der Waals surface area contributed by atoms with Crippen molar-refractivity contribution in [3.8, 4) is 11.5 Å². The van der Waals surface area contributed by atoms with E-state index in [-0.39, 0.29) is 10.8 Å². The van der Waals surface area contributed by atoms with E-state index in [1.165, 1.54) is 6.39 Å². The van der Waals surface area contributed by atoms with Gasteiger partial charge in [0.2, 0.25) is 12.3 Å². The molecule has 0 saturated heterocycles. The van der Waals surface area contributed by atoms with Crippen LogP contribution in [0.5, 0.6) is 0 Å². The Hall–Kier alpha value is -2.02. The first-order valence-corrected chi connectivity index (χ1v) is 8.11. The fraction of sp³-hybridized carbons (Fsp3) is 0.400. The summed E-state index contributed by atoms with van der Waals surface area (Å²) in [5.74, 6) is 0.423. The molecule has 0 saturated carbocycles. The van der Waals surface area contributed by atoms with Crippen LogP contribution in [0.2, 0.25) is 0 Å². The molecule has 2 rings (SSSR count). The Morgan fingerprint density at radius 2 is 2.18 bits per heavy atom. The molecule has 2 amide bonds. The molecule has 0 bridgehead atoms. The van der Waals surface area contributed by atoms with Crippen LogP contribution in [0, 0.1) is 6.92 Å². The summed E-state index contributed by atoms with van der Waals surface area (Å²) >= 11 is 1.71. The predicted molar refractivity (Wildman–Crippen MR) is 89.1 cm³/mol. The van der Waals surface area contributed by atoms with Crippen molar-refractivity contribution in [2.75, 3.05) is 18.1 Å². The molecule has 0 fully saturated rings. The standard InChI is InChI=1S/C15H20N4O2S/c1-10-5-6-11(13-19-17-9-21-13)7-12(10)18-14(20)16-8-15(2,3)22-4/h5-7,9H,8H2,1-4H3,(H2,16,18,20). The highest BCUT2D eigenvalue weighted by Gasteiger charge is 2.17. The van der Waals surface area contributed by atoms with Crippen molar-refractivity contribution in [1.29, 1.82) is 0 Å². The number of urea groups is 1. The van der Waals surface area contributed by atoms with Crippen molar-refractivity contribution in [2.24, 2.45) is 0 Å². The van der Waals surface area contributed by atoms with Crippen LogP contribution in [0.25, 0.3) is 11.5 Å². The fourth-order valence-electron chi connectivity index (χ4n) is 1.72. The monoisotopic (exact) mass is 320 g/mol. The van der Waals surface area contributed by atoms with Crippen LogP contribution in [0.4, 0.5) is 10.5 Å². The number of amides is 2. The van der Waals surface area contributed by atoms with E-state index >= 15 is 0 Å². The van der Waals surface area contributed by atoms with Gasteiger partial charge < -0.3 is 15.1 Å². The summed E-state index contributed by atoms with van der Waals surface area (Å²) in [4.78, 5) is 12.0. The lowest BCUT2D eigenvalue weighted by Crippen LogP contribution is -2.38. The van der Waals surface area contributed by atoms with Crippen molar-refractivity contribution in [3.05, 3.63) is 30.2 Å². The maximum absolute atomic E-state index is 12.0. The third-order valence-corrected chi connectivity index (χ3v) is 4.57. The highest BCUT2D eigenvalue weighted by molar-refractivity contribution is 7.99. The zero-order valence-electron chi connectivity index (χ0n) is 13.1.